The third-order valence-electron chi connectivity index (χ3n) is 2.30. The number of hydrogen-bond donors (Lipinski definition) is 1. The van der Waals surface area contributed by atoms with E-state index in [1.807, 2.05) is 0 Å². The highest BCUT2D eigenvalue weighted by molar-refractivity contribution is 5.96. The lowest BCUT2D eigenvalue weighted by atomic mass is 10.1. The fourth-order valence-corrected chi connectivity index (χ4v) is 1.46. The number of esters is 1. The Hall–Kier alpha value is -2.10. The summed E-state index contributed by atoms with van der Waals surface area (Å²) in [6.45, 7) is 3.51. The Labute approximate surface area is 106 Å². The molecule has 1 rings (SSSR count). The molecule has 0 aliphatic rings. The van der Waals surface area contributed by atoms with E-state index in [9.17, 15) is 14.7 Å². The molecule has 0 atom stereocenters. The number of ketones is 1. The van der Waals surface area contributed by atoms with Crippen molar-refractivity contribution in [3.63, 3.8) is 0 Å². The van der Waals surface area contributed by atoms with Crippen LogP contribution in [0.3, 0.4) is 0 Å². The lowest BCUT2D eigenvalue weighted by Gasteiger charge is -2.01. The van der Waals surface area contributed by atoms with Gasteiger partial charge in [-0.3, -0.25) is 9.59 Å². The largest absolute Gasteiger partial charge is 0.507 e. The second-order valence-electron chi connectivity index (χ2n) is 3.74. The summed E-state index contributed by atoms with van der Waals surface area (Å²) in [7, 11) is 0. The average Bonchev–Trinajstić information content (AvgIpc) is 2.29. The summed E-state index contributed by atoms with van der Waals surface area (Å²) >= 11 is 0. The standard InChI is InChI=1S/C14H16O4/c1-3-18-14(17)6-4-5-11-7-8-12(10(2)15)13(16)9-11/h4-5,7-9,16H,3,6H2,1-2H3. The van der Waals surface area contributed by atoms with Crippen molar-refractivity contribution in [2.45, 2.75) is 20.3 Å². The van der Waals surface area contributed by atoms with Crippen molar-refractivity contribution in [3.8, 4) is 5.75 Å². The van der Waals surface area contributed by atoms with Crippen LogP contribution in [-0.2, 0) is 9.53 Å². The molecular formula is C14H16O4. The summed E-state index contributed by atoms with van der Waals surface area (Å²) in [5, 5.41) is 9.61. The van der Waals surface area contributed by atoms with Gasteiger partial charge in [0.2, 0.25) is 0 Å². The van der Waals surface area contributed by atoms with E-state index in [1.54, 1.807) is 31.2 Å². The van der Waals surface area contributed by atoms with E-state index in [0.29, 0.717) is 6.61 Å². The first kappa shape index (κ1) is 14.0. The number of carbonyl (C=O) groups excluding carboxylic acids is 2. The van der Waals surface area contributed by atoms with E-state index in [1.165, 1.54) is 13.0 Å². The van der Waals surface area contributed by atoms with Crippen molar-refractivity contribution >= 4 is 17.8 Å². The molecule has 1 aromatic rings. The summed E-state index contributed by atoms with van der Waals surface area (Å²) in [6.07, 6.45) is 3.53. The van der Waals surface area contributed by atoms with E-state index < -0.39 is 0 Å². The first-order valence-corrected chi connectivity index (χ1v) is 5.70. The molecule has 0 saturated carbocycles. The Balaban J connectivity index is 2.69. The molecule has 0 aliphatic carbocycles. The summed E-state index contributed by atoms with van der Waals surface area (Å²) in [5.41, 5.74) is 1.01. The molecule has 0 aromatic heterocycles. The average molecular weight is 248 g/mol. The number of hydrogen-bond acceptors (Lipinski definition) is 4. The Bertz CT molecular complexity index is 475. The predicted octanol–water partition coefficient (Wildman–Crippen LogP) is 2.56. The van der Waals surface area contributed by atoms with Crippen molar-refractivity contribution in [3.05, 3.63) is 35.4 Å². The van der Waals surface area contributed by atoms with E-state index in [4.69, 9.17) is 4.74 Å². The van der Waals surface area contributed by atoms with Crippen molar-refractivity contribution in [2.75, 3.05) is 6.61 Å². The Morgan fingerprint density at radius 2 is 2.11 bits per heavy atom. The smallest absolute Gasteiger partial charge is 0.309 e. The summed E-state index contributed by atoms with van der Waals surface area (Å²) in [5.74, 6) is -0.534. The number of ether oxygens (including phenoxy) is 1. The van der Waals surface area contributed by atoms with Crippen LogP contribution >= 0.6 is 0 Å². The highest BCUT2D eigenvalue weighted by atomic mass is 16.5. The van der Waals surface area contributed by atoms with Crippen molar-refractivity contribution in [2.24, 2.45) is 0 Å². The van der Waals surface area contributed by atoms with Gasteiger partial charge < -0.3 is 9.84 Å². The Kier molecular flexibility index (Phi) is 5.11. The summed E-state index contributed by atoms with van der Waals surface area (Å²) in [6, 6.07) is 4.75. The van der Waals surface area contributed by atoms with Gasteiger partial charge in [-0.25, -0.2) is 0 Å². The maximum atomic E-state index is 11.1. The van der Waals surface area contributed by atoms with Crippen molar-refractivity contribution in [1.29, 1.82) is 0 Å². The number of benzene rings is 1. The number of carbonyl (C=O) groups is 2. The Morgan fingerprint density at radius 1 is 1.39 bits per heavy atom. The van der Waals surface area contributed by atoms with Crippen LogP contribution in [0.5, 0.6) is 5.75 Å². The van der Waals surface area contributed by atoms with Crippen molar-refractivity contribution in [1.82, 2.24) is 0 Å². The quantitative estimate of drug-likeness (QED) is 0.642. The van der Waals surface area contributed by atoms with Gasteiger partial charge in [-0.15, -0.1) is 0 Å². The fourth-order valence-electron chi connectivity index (χ4n) is 1.46. The minimum Gasteiger partial charge on any atom is -0.507 e. The molecule has 0 radical (unpaired) electrons. The lowest BCUT2D eigenvalue weighted by Crippen LogP contribution is -2.01. The molecule has 0 unspecified atom stereocenters. The van der Waals surface area contributed by atoms with Crippen LogP contribution in [0.2, 0.25) is 0 Å². The van der Waals surface area contributed by atoms with Crippen LogP contribution in [-0.4, -0.2) is 23.5 Å². The number of phenolic OH excluding ortho intramolecular Hbond substituents is 1. The molecule has 0 heterocycles. The maximum Gasteiger partial charge on any atom is 0.309 e. The highest BCUT2D eigenvalue weighted by Crippen LogP contribution is 2.20. The molecule has 4 heteroatoms. The zero-order chi connectivity index (χ0) is 13.5. The van der Waals surface area contributed by atoms with Crippen LogP contribution in [0, 0.1) is 0 Å². The van der Waals surface area contributed by atoms with Crippen LogP contribution < -0.4 is 0 Å². The van der Waals surface area contributed by atoms with E-state index >= 15 is 0 Å². The third kappa shape index (κ3) is 4.05. The van der Waals surface area contributed by atoms with E-state index in [2.05, 4.69) is 0 Å². The number of aromatic hydroxyl groups is 1. The second-order valence-corrected chi connectivity index (χ2v) is 3.74. The van der Waals surface area contributed by atoms with Gasteiger partial charge in [-0.2, -0.15) is 0 Å². The topological polar surface area (TPSA) is 63.6 Å². The predicted molar refractivity (Wildman–Crippen MR) is 68.4 cm³/mol. The van der Waals surface area contributed by atoms with Gasteiger partial charge in [0.15, 0.2) is 5.78 Å². The molecule has 0 aliphatic heterocycles. The molecule has 0 amide bonds. The monoisotopic (exact) mass is 248 g/mol. The highest BCUT2D eigenvalue weighted by Gasteiger charge is 2.05. The van der Waals surface area contributed by atoms with Crippen LogP contribution in [0.1, 0.15) is 36.2 Å². The van der Waals surface area contributed by atoms with Gasteiger partial charge >= 0.3 is 5.97 Å². The maximum absolute atomic E-state index is 11.1. The Morgan fingerprint density at radius 3 is 2.67 bits per heavy atom. The first-order chi connectivity index (χ1) is 8.54. The molecule has 0 spiro atoms. The number of Topliss-reactive ketones (excluding diaryl/α,β-unsaturated/α-hetero) is 1. The molecule has 4 nitrogen and oxygen atoms in total. The minimum atomic E-state index is -0.293. The summed E-state index contributed by atoms with van der Waals surface area (Å²) in [4.78, 5) is 22.2. The first-order valence-electron chi connectivity index (χ1n) is 5.70. The lowest BCUT2D eigenvalue weighted by molar-refractivity contribution is -0.142. The number of rotatable bonds is 5. The van der Waals surface area contributed by atoms with E-state index in [0.717, 1.165) is 5.56 Å². The van der Waals surface area contributed by atoms with Gasteiger partial charge in [0.05, 0.1) is 18.6 Å². The van der Waals surface area contributed by atoms with E-state index in [-0.39, 0.29) is 29.5 Å². The van der Waals surface area contributed by atoms with Crippen LogP contribution in [0.4, 0.5) is 0 Å². The molecule has 96 valence electrons. The van der Waals surface area contributed by atoms with Gasteiger partial charge in [-0.05, 0) is 31.5 Å². The fraction of sp³-hybridized carbons (Fsp3) is 0.286. The molecule has 0 fully saturated rings. The molecule has 1 aromatic carbocycles. The summed E-state index contributed by atoms with van der Waals surface area (Å²) < 4.78 is 4.77. The van der Waals surface area contributed by atoms with Gasteiger partial charge in [0.25, 0.3) is 0 Å². The SMILES string of the molecule is CCOC(=O)CC=Cc1ccc(C(C)=O)c(O)c1. The number of phenols is 1. The minimum absolute atomic E-state index is 0.0548. The zero-order valence-electron chi connectivity index (χ0n) is 10.5. The van der Waals surface area contributed by atoms with Crippen LogP contribution in [0.15, 0.2) is 24.3 Å². The van der Waals surface area contributed by atoms with Crippen LogP contribution in [0.25, 0.3) is 6.08 Å². The molecule has 1 N–H and O–H groups in total. The van der Waals surface area contributed by atoms with Crippen molar-refractivity contribution < 1.29 is 19.4 Å². The molecular weight excluding hydrogens is 232 g/mol. The van der Waals surface area contributed by atoms with Gasteiger partial charge in [-0.1, -0.05) is 18.2 Å². The third-order valence-corrected chi connectivity index (χ3v) is 2.30. The zero-order valence-corrected chi connectivity index (χ0v) is 10.5. The molecule has 0 bridgehead atoms. The van der Waals surface area contributed by atoms with Gasteiger partial charge in [0.1, 0.15) is 5.75 Å². The second kappa shape index (κ2) is 6.59. The molecule has 0 saturated heterocycles. The normalized spacial score (nSPS) is 10.6. The molecule has 18 heavy (non-hydrogen) atoms. The van der Waals surface area contributed by atoms with Gasteiger partial charge in [0, 0.05) is 0 Å².